The van der Waals surface area contributed by atoms with Crippen LogP contribution in [-0.2, 0) is 0 Å². The first kappa shape index (κ1) is 19.1. The number of benzene rings is 1. The topological polar surface area (TPSA) is 49.3 Å². The van der Waals surface area contributed by atoms with Crippen molar-refractivity contribution in [3.05, 3.63) is 76.4 Å². The average Bonchev–Trinajstić information content (AvgIpc) is 3.44. The Hall–Kier alpha value is -2.64. The molecule has 0 bridgehead atoms. The van der Waals surface area contributed by atoms with E-state index in [4.69, 9.17) is 6.58 Å². The normalized spacial score (nSPS) is 16.7. The molecule has 140 valence electrons. The number of carbonyl (C=O) groups is 1. The highest BCUT2D eigenvalue weighted by Gasteiger charge is 2.38. The fourth-order valence-electron chi connectivity index (χ4n) is 3.78. The number of aryl methyl sites for hydroxylation is 1. The summed E-state index contributed by atoms with van der Waals surface area (Å²) in [6.45, 7) is 9.88. The first-order valence-electron chi connectivity index (χ1n) is 9.73. The van der Waals surface area contributed by atoms with Gasteiger partial charge in [-0.15, -0.1) is 0 Å². The third-order valence-corrected chi connectivity index (χ3v) is 5.38. The van der Waals surface area contributed by atoms with Crippen molar-refractivity contribution in [3.63, 3.8) is 0 Å². The number of aromatic carboxylic acids is 1. The third kappa shape index (κ3) is 4.75. The van der Waals surface area contributed by atoms with Gasteiger partial charge in [0.1, 0.15) is 5.57 Å². The molecule has 2 aliphatic carbocycles. The Bertz CT molecular complexity index is 842. The number of rotatable bonds is 9. The lowest BCUT2D eigenvalue weighted by Gasteiger charge is -2.20. The van der Waals surface area contributed by atoms with Gasteiger partial charge < -0.3 is 10.4 Å². The standard InChI is InChI=1S/C24H27NO2/c1-16(2)20-15-21(20)22(14-8-12-18-10-5-4-6-11-18)25-23-17(3)9-7-13-19(23)24(26)27/h1,5,7,9-11,13,22,25H,4,6,8,12,14-15H2,2-3H3/p+1. The van der Waals surface area contributed by atoms with Crippen LogP contribution in [-0.4, -0.2) is 17.1 Å². The SMILES string of the molecule is [CH+]=C(C)C1=C(C(CCCC2=CCCC=C2)Nc2c(C)cccc2C(=O)O)C1. The second kappa shape index (κ2) is 8.37. The van der Waals surface area contributed by atoms with Gasteiger partial charge in [0.15, 0.2) is 5.57 Å². The Morgan fingerprint density at radius 3 is 2.78 bits per heavy atom. The van der Waals surface area contributed by atoms with Gasteiger partial charge in [-0.2, -0.15) is 0 Å². The highest BCUT2D eigenvalue weighted by atomic mass is 16.4. The molecule has 0 spiro atoms. The lowest BCUT2D eigenvalue weighted by Crippen LogP contribution is -2.21. The lowest BCUT2D eigenvalue weighted by atomic mass is 9.98. The van der Waals surface area contributed by atoms with Crippen LogP contribution in [0.5, 0.6) is 0 Å². The molecule has 0 aromatic heterocycles. The number of carboxylic acids is 1. The maximum absolute atomic E-state index is 11.6. The Morgan fingerprint density at radius 1 is 1.33 bits per heavy atom. The summed E-state index contributed by atoms with van der Waals surface area (Å²) in [4.78, 5) is 11.6. The molecule has 1 atom stereocenters. The summed E-state index contributed by atoms with van der Waals surface area (Å²) in [5.41, 5.74) is 6.84. The molecule has 1 unspecified atom stereocenters. The van der Waals surface area contributed by atoms with Crippen LogP contribution in [0.3, 0.4) is 0 Å². The van der Waals surface area contributed by atoms with E-state index in [0.717, 1.165) is 55.3 Å². The Morgan fingerprint density at radius 2 is 2.15 bits per heavy atom. The molecule has 1 aromatic carbocycles. The van der Waals surface area contributed by atoms with E-state index >= 15 is 0 Å². The summed E-state index contributed by atoms with van der Waals surface area (Å²) in [7, 11) is 0. The average molecular weight is 362 g/mol. The Balaban J connectivity index is 1.76. The van der Waals surface area contributed by atoms with Crippen molar-refractivity contribution < 1.29 is 9.90 Å². The summed E-state index contributed by atoms with van der Waals surface area (Å²) in [5, 5.41) is 13.1. The molecule has 2 N–H and O–H groups in total. The molecule has 0 saturated heterocycles. The number of carboxylic acid groups (broad SMARTS) is 1. The van der Waals surface area contributed by atoms with Crippen LogP contribution in [0, 0.1) is 13.5 Å². The van der Waals surface area contributed by atoms with Crippen LogP contribution < -0.4 is 5.32 Å². The van der Waals surface area contributed by atoms with Crippen LogP contribution in [0.15, 0.2) is 58.7 Å². The minimum absolute atomic E-state index is 0.130. The summed E-state index contributed by atoms with van der Waals surface area (Å²) >= 11 is 0. The molecule has 3 heteroatoms. The fourth-order valence-corrected chi connectivity index (χ4v) is 3.78. The van der Waals surface area contributed by atoms with E-state index in [-0.39, 0.29) is 6.04 Å². The minimum Gasteiger partial charge on any atom is -0.478 e. The van der Waals surface area contributed by atoms with E-state index in [9.17, 15) is 9.90 Å². The fraction of sp³-hybridized carbons (Fsp3) is 0.375. The predicted octanol–water partition coefficient (Wildman–Crippen LogP) is 6.00. The molecular weight excluding hydrogens is 334 g/mol. The molecule has 2 aliphatic rings. The van der Waals surface area contributed by atoms with Gasteiger partial charge in [-0.05, 0) is 50.7 Å². The zero-order valence-corrected chi connectivity index (χ0v) is 16.2. The van der Waals surface area contributed by atoms with E-state index in [1.165, 1.54) is 16.7 Å². The quantitative estimate of drug-likeness (QED) is 0.530. The lowest BCUT2D eigenvalue weighted by molar-refractivity contribution is 0.0698. The van der Waals surface area contributed by atoms with Crippen LogP contribution >= 0.6 is 0 Å². The molecule has 1 aromatic rings. The van der Waals surface area contributed by atoms with E-state index in [0.29, 0.717) is 5.56 Å². The largest absolute Gasteiger partial charge is 0.478 e. The summed E-state index contributed by atoms with van der Waals surface area (Å²) in [5.74, 6) is -0.899. The van der Waals surface area contributed by atoms with Crippen LogP contribution in [0.2, 0.25) is 0 Å². The van der Waals surface area contributed by atoms with Crippen molar-refractivity contribution in [2.75, 3.05) is 5.32 Å². The summed E-state index contributed by atoms with van der Waals surface area (Å²) < 4.78 is 0. The second-order valence-electron chi connectivity index (χ2n) is 7.51. The molecular formula is C24H28NO2+. The van der Waals surface area contributed by atoms with E-state index in [1.54, 1.807) is 12.1 Å². The molecule has 0 fully saturated rings. The molecule has 27 heavy (non-hydrogen) atoms. The van der Waals surface area contributed by atoms with E-state index in [2.05, 4.69) is 23.5 Å². The van der Waals surface area contributed by atoms with Crippen molar-refractivity contribution in [2.24, 2.45) is 0 Å². The summed E-state index contributed by atoms with van der Waals surface area (Å²) in [6, 6.07) is 5.53. The molecule has 0 amide bonds. The van der Waals surface area contributed by atoms with Gasteiger partial charge in [0.05, 0.1) is 35.9 Å². The first-order valence-corrected chi connectivity index (χ1v) is 9.73. The monoisotopic (exact) mass is 362 g/mol. The molecule has 0 heterocycles. The van der Waals surface area contributed by atoms with Crippen LogP contribution in [0.4, 0.5) is 5.69 Å². The van der Waals surface area contributed by atoms with Crippen LogP contribution in [0.1, 0.15) is 61.4 Å². The van der Waals surface area contributed by atoms with Crippen LogP contribution in [0.25, 0.3) is 0 Å². The highest BCUT2D eigenvalue weighted by molar-refractivity contribution is 5.95. The van der Waals surface area contributed by atoms with Crippen molar-refractivity contribution in [1.82, 2.24) is 0 Å². The molecule has 3 rings (SSSR count). The molecule has 0 radical (unpaired) electrons. The number of anilines is 1. The number of allylic oxidation sites excluding steroid dienone is 6. The number of nitrogens with one attached hydrogen (secondary N) is 1. The number of para-hydroxylation sites is 1. The minimum atomic E-state index is -0.899. The van der Waals surface area contributed by atoms with Gasteiger partial charge in [-0.3, -0.25) is 0 Å². The van der Waals surface area contributed by atoms with Crippen molar-refractivity contribution in [2.45, 2.75) is 58.4 Å². The Labute approximate surface area is 162 Å². The zero-order chi connectivity index (χ0) is 19.4. The number of hydrogen-bond acceptors (Lipinski definition) is 2. The van der Waals surface area contributed by atoms with Crippen molar-refractivity contribution >= 4 is 11.7 Å². The maximum Gasteiger partial charge on any atom is 0.337 e. The van der Waals surface area contributed by atoms with Gasteiger partial charge in [0.25, 0.3) is 0 Å². The smallest absolute Gasteiger partial charge is 0.337 e. The molecule has 3 nitrogen and oxygen atoms in total. The maximum atomic E-state index is 11.6. The first-order chi connectivity index (χ1) is 13.0. The third-order valence-electron chi connectivity index (χ3n) is 5.38. The van der Waals surface area contributed by atoms with Gasteiger partial charge >= 0.3 is 5.97 Å². The van der Waals surface area contributed by atoms with Crippen molar-refractivity contribution in [1.29, 1.82) is 0 Å². The van der Waals surface area contributed by atoms with Gasteiger partial charge in [-0.1, -0.05) is 35.9 Å². The number of hydrogen-bond donors (Lipinski definition) is 2. The predicted molar refractivity (Wildman–Crippen MR) is 111 cm³/mol. The van der Waals surface area contributed by atoms with E-state index in [1.807, 2.05) is 19.9 Å². The summed E-state index contributed by atoms with van der Waals surface area (Å²) in [6.07, 6.45) is 13.1. The molecule has 0 aliphatic heterocycles. The zero-order valence-electron chi connectivity index (χ0n) is 16.2. The van der Waals surface area contributed by atoms with Gasteiger partial charge in [0, 0.05) is 6.92 Å². The van der Waals surface area contributed by atoms with Gasteiger partial charge in [0.2, 0.25) is 0 Å². The Kier molecular flexibility index (Phi) is 5.93. The van der Waals surface area contributed by atoms with Gasteiger partial charge in [-0.25, -0.2) is 4.79 Å². The highest BCUT2D eigenvalue weighted by Crippen LogP contribution is 2.41. The van der Waals surface area contributed by atoms with Crippen molar-refractivity contribution in [3.8, 4) is 0 Å². The molecule has 0 saturated carbocycles. The van der Waals surface area contributed by atoms with E-state index < -0.39 is 5.97 Å². The second-order valence-corrected chi connectivity index (χ2v) is 7.51.